The van der Waals surface area contributed by atoms with Gasteiger partial charge in [-0.1, -0.05) is 0 Å². The summed E-state index contributed by atoms with van der Waals surface area (Å²) in [6, 6.07) is 5.88. The Bertz CT molecular complexity index is 679. The van der Waals surface area contributed by atoms with Crippen LogP contribution in [0.15, 0.2) is 29.0 Å². The number of hydrogen-bond donors (Lipinski definition) is 1. The number of carboxylic acid groups (broad SMARTS) is 1. The maximum atomic E-state index is 13.8. The Hall–Kier alpha value is -2.59. The second-order valence-electron chi connectivity index (χ2n) is 3.99. The fourth-order valence-electron chi connectivity index (χ4n) is 1.54. The fourth-order valence-corrected chi connectivity index (χ4v) is 2.20. The van der Waals surface area contributed by atoms with Gasteiger partial charge in [-0.25, -0.2) is 9.18 Å². The zero-order chi connectivity index (χ0) is 15.2. The molecule has 0 saturated carbocycles. The molecule has 7 heteroatoms. The van der Waals surface area contributed by atoms with Gasteiger partial charge in [-0.15, -0.1) is 0 Å². The van der Waals surface area contributed by atoms with Gasteiger partial charge in [0.05, 0.1) is 0 Å². The highest BCUT2D eigenvalue weighted by Crippen LogP contribution is 2.28. The molecule has 0 spiro atoms. The van der Waals surface area contributed by atoms with Crippen molar-refractivity contribution in [2.75, 3.05) is 6.61 Å². The van der Waals surface area contributed by atoms with Gasteiger partial charge in [-0.3, -0.25) is 0 Å². The molecule has 2 rings (SSSR count). The van der Waals surface area contributed by atoms with E-state index in [1.165, 1.54) is 17.4 Å². The maximum Gasteiger partial charge on any atom is 0.341 e. The van der Waals surface area contributed by atoms with E-state index in [0.29, 0.717) is 0 Å². The SMILES string of the molecule is N#Cc1c(F)cc(OCc2ccsc2)cc1OCC(=O)O. The van der Waals surface area contributed by atoms with Crippen molar-refractivity contribution in [3.05, 3.63) is 45.9 Å². The first-order valence-corrected chi connectivity index (χ1v) is 6.76. The van der Waals surface area contributed by atoms with Gasteiger partial charge in [0.2, 0.25) is 0 Å². The molecule has 0 aliphatic heterocycles. The third-order valence-corrected chi connectivity index (χ3v) is 3.21. The fraction of sp³-hybridized carbons (Fsp3) is 0.143. The molecule has 1 aromatic heterocycles. The summed E-state index contributed by atoms with van der Waals surface area (Å²) in [5.41, 5.74) is 0.580. The van der Waals surface area contributed by atoms with E-state index in [1.807, 2.05) is 16.8 Å². The Balaban J connectivity index is 2.18. The minimum Gasteiger partial charge on any atom is -0.489 e. The number of carbonyl (C=O) groups is 1. The van der Waals surface area contributed by atoms with Gasteiger partial charge < -0.3 is 14.6 Å². The van der Waals surface area contributed by atoms with Crippen LogP contribution in [0.3, 0.4) is 0 Å². The predicted octanol–water partition coefficient (Wildman–Crippen LogP) is 2.80. The van der Waals surface area contributed by atoms with Crippen LogP contribution >= 0.6 is 11.3 Å². The normalized spacial score (nSPS) is 9.90. The number of nitrogens with zero attached hydrogens (tertiary/aromatic N) is 1. The average molecular weight is 307 g/mol. The van der Waals surface area contributed by atoms with Gasteiger partial charge in [-0.05, 0) is 22.4 Å². The van der Waals surface area contributed by atoms with Crippen molar-refractivity contribution in [2.24, 2.45) is 0 Å². The van der Waals surface area contributed by atoms with E-state index in [1.54, 1.807) is 6.07 Å². The van der Waals surface area contributed by atoms with Crippen LogP contribution in [-0.4, -0.2) is 17.7 Å². The Morgan fingerprint density at radius 1 is 1.43 bits per heavy atom. The summed E-state index contributed by atoms with van der Waals surface area (Å²) in [6.07, 6.45) is 0. The number of nitriles is 1. The highest BCUT2D eigenvalue weighted by Gasteiger charge is 2.14. The minimum atomic E-state index is -1.22. The molecule has 0 amide bonds. The first-order valence-electron chi connectivity index (χ1n) is 5.82. The number of ether oxygens (including phenoxy) is 2. The van der Waals surface area contributed by atoms with Crippen molar-refractivity contribution in [1.29, 1.82) is 5.26 Å². The first kappa shape index (κ1) is 14.8. The number of thiophene rings is 1. The topological polar surface area (TPSA) is 79.5 Å². The van der Waals surface area contributed by atoms with Crippen LogP contribution in [-0.2, 0) is 11.4 Å². The summed E-state index contributed by atoms with van der Waals surface area (Å²) in [5, 5.41) is 21.2. The minimum absolute atomic E-state index is 0.153. The molecule has 2 aromatic rings. The van der Waals surface area contributed by atoms with Gasteiger partial charge in [0.15, 0.2) is 6.61 Å². The molecular weight excluding hydrogens is 297 g/mol. The highest BCUT2D eigenvalue weighted by atomic mass is 32.1. The molecule has 0 aliphatic rings. The molecule has 0 saturated heterocycles. The Morgan fingerprint density at radius 3 is 2.86 bits per heavy atom. The molecule has 21 heavy (non-hydrogen) atoms. The molecule has 0 atom stereocenters. The van der Waals surface area contributed by atoms with E-state index in [2.05, 4.69) is 0 Å². The second kappa shape index (κ2) is 6.72. The molecule has 0 unspecified atom stereocenters. The van der Waals surface area contributed by atoms with E-state index in [4.69, 9.17) is 19.8 Å². The lowest BCUT2D eigenvalue weighted by Gasteiger charge is -2.10. The van der Waals surface area contributed by atoms with Gasteiger partial charge in [0, 0.05) is 12.1 Å². The first-order chi connectivity index (χ1) is 10.1. The number of rotatable bonds is 6. The lowest BCUT2D eigenvalue weighted by atomic mass is 10.2. The summed E-state index contributed by atoms with van der Waals surface area (Å²) in [4.78, 5) is 10.5. The largest absolute Gasteiger partial charge is 0.489 e. The number of aliphatic carboxylic acids is 1. The van der Waals surface area contributed by atoms with Crippen LogP contribution < -0.4 is 9.47 Å². The maximum absolute atomic E-state index is 13.8. The van der Waals surface area contributed by atoms with Crippen molar-refractivity contribution in [3.63, 3.8) is 0 Å². The van der Waals surface area contributed by atoms with Gasteiger partial charge in [0.1, 0.15) is 35.6 Å². The van der Waals surface area contributed by atoms with Gasteiger partial charge >= 0.3 is 5.97 Å². The zero-order valence-electron chi connectivity index (χ0n) is 10.7. The predicted molar refractivity (Wildman–Crippen MR) is 72.9 cm³/mol. The van der Waals surface area contributed by atoms with E-state index < -0.39 is 18.4 Å². The summed E-state index contributed by atoms with van der Waals surface area (Å²) < 4.78 is 24.1. The summed E-state index contributed by atoms with van der Waals surface area (Å²) in [5.74, 6) is -2.03. The van der Waals surface area contributed by atoms with Crippen LogP contribution in [0.2, 0.25) is 0 Å². The van der Waals surface area contributed by atoms with Gasteiger partial charge in [-0.2, -0.15) is 16.6 Å². The Morgan fingerprint density at radius 2 is 2.24 bits per heavy atom. The quantitative estimate of drug-likeness (QED) is 0.887. The van der Waals surface area contributed by atoms with Crippen molar-refractivity contribution in [1.82, 2.24) is 0 Å². The monoisotopic (exact) mass is 307 g/mol. The lowest BCUT2D eigenvalue weighted by molar-refractivity contribution is -0.139. The Kier molecular flexibility index (Phi) is 4.74. The van der Waals surface area contributed by atoms with Crippen molar-refractivity contribution < 1.29 is 23.8 Å². The summed E-state index contributed by atoms with van der Waals surface area (Å²) >= 11 is 1.51. The molecular formula is C14H10FNO4S. The molecule has 108 valence electrons. The van der Waals surface area contributed by atoms with E-state index >= 15 is 0 Å². The average Bonchev–Trinajstić information content (AvgIpc) is 2.95. The summed E-state index contributed by atoms with van der Waals surface area (Å²) in [7, 11) is 0. The van der Waals surface area contributed by atoms with Gasteiger partial charge in [0.25, 0.3) is 0 Å². The summed E-state index contributed by atoms with van der Waals surface area (Å²) in [6.45, 7) is -0.421. The number of halogens is 1. The molecule has 0 aliphatic carbocycles. The lowest BCUT2D eigenvalue weighted by Crippen LogP contribution is -2.11. The van der Waals surface area contributed by atoms with Crippen LogP contribution in [0.25, 0.3) is 0 Å². The molecule has 0 radical (unpaired) electrons. The van der Waals surface area contributed by atoms with E-state index in [9.17, 15) is 9.18 Å². The number of benzene rings is 1. The third-order valence-electron chi connectivity index (χ3n) is 2.48. The highest BCUT2D eigenvalue weighted by molar-refractivity contribution is 7.07. The smallest absolute Gasteiger partial charge is 0.341 e. The Labute approximate surface area is 123 Å². The van der Waals surface area contributed by atoms with Crippen LogP contribution in [0.1, 0.15) is 11.1 Å². The molecule has 1 aromatic carbocycles. The number of carboxylic acids is 1. The van der Waals surface area contributed by atoms with E-state index in [0.717, 1.165) is 11.6 Å². The molecule has 1 heterocycles. The third kappa shape index (κ3) is 3.94. The molecule has 0 fully saturated rings. The second-order valence-corrected chi connectivity index (χ2v) is 4.77. The number of hydrogen-bond acceptors (Lipinski definition) is 5. The van der Waals surface area contributed by atoms with Crippen LogP contribution in [0, 0.1) is 17.1 Å². The standard InChI is InChI=1S/C14H10FNO4S/c15-12-3-10(19-6-9-1-2-21-8-9)4-13(11(12)5-16)20-7-14(17)18/h1-4,8H,6-7H2,(H,17,18). The van der Waals surface area contributed by atoms with Crippen LogP contribution in [0.4, 0.5) is 4.39 Å². The molecule has 0 bridgehead atoms. The zero-order valence-corrected chi connectivity index (χ0v) is 11.5. The molecule has 1 N–H and O–H groups in total. The van der Waals surface area contributed by atoms with Crippen molar-refractivity contribution >= 4 is 17.3 Å². The van der Waals surface area contributed by atoms with Crippen molar-refractivity contribution in [2.45, 2.75) is 6.61 Å². The van der Waals surface area contributed by atoms with Crippen molar-refractivity contribution in [3.8, 4) is 17.6 Å². The van der Waals surface area contributed by atoms with E-state index in [-0.39, 0.29) is 23.7 Å². The van der Waals surface area contributed by atoms with Crippen LogP contribution in [0.5, 0.6) is 11.5 Å². The molecule has 5 nitrogen and oxygen atoms in total.